The molecule has 0 fully saturated rings. The molecule has 144 valence electrons. The molecule has 0 spiro atoms. The zero-order valence-corrected chi connectivity index (χ0v) is 18.1. The fourth-order valence-corrected chi connectivity index (χ4v) is 3.86. The molecule has 0 aliphatic heterocycles. The maximum Gasteiger partial charge on any atom is 0.254 e. The highest BCUT2D eigenvalue weighted by Gasteiger charge is 2.19. The Labute approximate surface area is 182 Å². The molecule has 3 aromatic rings. The van der Waals surface area contributed by atoms with Crippen LogP contribution in [0.3, 0.4) is 0 Å². The van der Waals surface area contributed by atoms with Crippen LogP contribution in [0.4, 0.5) is 0 Å². The average Bonchev–Trinajstić information content (AvgIpc) is 2.66. The molecule has 0 bridgehead atoms. The zero-order valence-electron chi connectivity index (χ0n) is 15.0. The summed E-state index contributed by atoms with van der Waals surface area (Å²) >= 11 is 15.7. The number of nitrogens with zero attached hydrogens (tertiary/aromatic N) is 2. The maximum absolute atomic E-state index is 13.3. The highest BCUT2D eigenvalue weighted by atomic mass is 79.9. The molecule has 1 amide bonds. The predicted octanol–water partition coefficient (Wildman–Crippen LogP) is 6.00. The van der Waals surface area contributed by atoms with E-state index in [-0.39, 0.29) is 5.91 Å². The highest BCUT2D eigenvalue weighted by Crippen LogP contribution is 2.25. The van der Waals surface area contributed by atoms with Crippen molar-refractivity contribution in [3.05, 3.63) is 92.1 Å². The fourth-order valence-electron chi connectivity index (χ4n) is 2.82. The van der Waals surface area contributed by atoms with Crippen LogP contribution in [0.5, 0.6) is 5.75 Å². The van der Waals surface area contributed by atoms with E-state index in [0.717, 1.165) is 15.6 Å². The molecular weight excluding hydrogens is 463 g/mol. The minimum atomic E-state index is -0.139. The number of carbonyl (C=O) groups excluding carboxylic acids is 1. The Morgan fingerprint density at radius 3 is 2.43 bits per heavy atom. The number of hydrogen-bond acceptors (Lipinski definition) is 3. The van der Waals surface area contributed by atoms with Crippen LogP contribution in [0, 0.1) is 0 Å². The van der Waals surface area contributed by atoms with E-state index in [0.29, 0.717) is 34.4 Å². The average molecular weight is 480 g/mol. The first-order chi connectivity index (χ1) is 13.4. The summed E-state index contributed by atoms with van der Waals surface area (Å²) in [4.78, 5) is 19.2. The third-order valence-corrected chi connectivity index (χ3v) is 4.93. The highest BCUT2D eigenvalue weighted by molar-refractivity contribution is 9.10. The minimum absolute atomic E-state index is 0.139. The number of rotatable bonds is 6. The van der Waals surface area contributed by atoms with Crippen molar-refractivity contribution in [3.8, 4) is 5.75 Å². The summed E-state index contributed by atoms with van der Waals surface area (Å²) in [5.41, 5.74) is 2.28. The van der Waals surface area contributed by atoms with Crippen LogP contribution in [0.15, 0.2) is 65.4 Å². The third-order valence-electron chi connectivity index (χ3n) is 4.03. The van der Waals surface area contributed by atoms with Gasteiger partial charge in [0.1, 0.15) is 5.75 Å². The van der Waals surface area contributed by atoms with E-state index in [1.807, 2.05) is 12.1 Å². The number of hydrogen-bond donors (Lipinski definition) is 0. The van der Waals surface area contributed by atoms with E-state index in [1.165, 1.54) is 0 Å². The van der Waals surface area contributed by atoms with Gasteiger partial charge in [-0.15, -0.1) is 0 Å². The molecule has 1 heterocycles. The van der Waals surface area contributed by atoms with E-state index < -0.39 is 0 Å². The van der Waals surface area contributed by atoms with Crippen LogP contribution in [-0.4, -0.2) is 22.9 Å². The van der Waals surface area contributed by atoms with E-state index in [2.05, 4.69) is 20.9 Å². The second-order valence-corrected chi connectivity index (χ2v) is 7.97. The van der Waals surface area contributed by atoms with Crippen molar-refractivity contribution in [2.24, 2.45) is 0 Å². The number of methoxy groups -OCH3 is 1. The first-order valence-corrected chi connectivity index (χ1v) is 9.97. The number of pyridine rings is 1. The Hall–Kier alpha value is -2.08. The second-order valence-electron chi connectivity index (χ2n) is 6.18. The SMILES string of the molecule is COc1cc(Br)cc(C(=O)N(Cc2cccnc2)Cc2cc(Cl)cc(Cl)c2)c1. The molecule has 7 heteroatoms. The maximum atomic E-state index is 13.3. The topological polar surface area (TPSA) is 42.4 Å². The number of ether oxygens (including phenoxy) is 1. The van der Waals surface area contributed by atoms with E-state index in [4.69, 9.17) is 27.9 Å². The number of carbonyl (C=O) groups is 1. The van der Waals surface area contributed by atoms with Crippen LogP contribution >= 0.6 is 39.1 Å². The standard InChI is InChI=1S/C21H17BrCl2N2O2/c1-28-20-8-16(7-17(22)9-20)21(27)26(12-14-3-2-4-25-11-14)13-15-5-18(23)10-19(24)6-15/h2-11H,12-13H2,1H3. The predicted molar refractivity (Wildman–Crippen MR) is 115 cm³/mol. The molecule has 0 radical (unpaired) electrons. The molecule has 0 N–H and O–H groups in total. The number of aromatic nitrogens is 1. The largest absolute Gasteiger partial charge is 0.497 e. The zero-order chi connectivity index (χ0) is 20.1. The Morgan fingerprint density at radius 2 is 1.79 bits per heavy atom. The molecule has 3 rings (SSSR count). The van der Waals surface area contributed by atoms with Crippen molar-refractivity contribution >= 4 is 45.0 Å². The monoisotopic (exact) mass is 478 g/mol. The van der Waals surface area contributed by atoms with E-state index in [1.54, 1.807) is 60.8 Å². The number of amides is 1. The van der Waals surface area contributed by atoms with Gasteiger partial charge in [-0.05, 0) is 53.6 Å². The summed E-state index contributed by atoms with van der Waals surface area (Å²) in [6, 6.07) is 14.3. The third kappa shape index (κ3) is 5.47. The molecule has 0 atom stereocenters. The van der Waals surface area contributed by atoms with Gasteiger partial charge >= 0.3 is 0 Å². The lowest BCUT2D eigenvalue weighted by molar-refractivity contribution is 0.0729. The van der Waals surface area contributed by atoms with Gasteiger partial charge in [-0.25, -0.2) is 0 Å². The van der Waals surface area contributed by atoms with Crippen LogP contribution in [0.1, 0.15) is 21.5 Å². The van der Waals surface area contributed by atoms with Gasteiger partial charge in [-0.3, -0.25) is 9.78 Å². The lowest BCUT2D eigenvalue weighted by Gasteiger charge is -2.23. The van der Waals surface area contributed by atoms with E-state index in [9.17, 15) is 4.79 Å². The van der Waals surface area contributed by atoms with Crippen molar-refractivity contribution in [1.29, 1.82) is 0 Å². The van der Waals surface area contributed by atoms with Crippen LogP contribution in [0.25, 0.3) is 0 Å². The smallest absolute Gasteiger partial charge is 0.254 e. The van der Waals surface area contributed by atoms with E-state index >= 15 is 0 Å². The Morgan fingerprint density at radius 1 is 1.07 bits per heavy atom. The van der Waals surface area contributed by atoms with Crippen LogP contribution in [-0.2, 0) is 13.1 Å². The van der Waals surface area contributed by atoms with Crippen LogP contribution < -0.4 is 4.74 Å². The molecule has 4 nitrogen and oxygen atoms in total. The summed E-state index contributed by atoms with van der Waals surface area (Å²) in [5.74, 6) is 0.462. The van der Waals surface area contributed by atoms with Gasteiger partial charge in [0.2, 0.25) is 0 Å². The molecule has 1 aromatic heterocycles. The molecule has 0 unspecified atom stereocenters. The Balaban J connectivity index is 1.95. The van der Waals surface area contributed by atoms with Crippen molar-refractivity contribution in [1.82, 2.24) is 9.88 Å². The van der Waals surface area contributed by atoms with Gasteiger partial charge in [0.25, 0.3) is 5.91 Å². The summed E-state index contributed by atoms with van der Waals surface area (Å²) in [6.07, 6.45) is 3.44. The molecule has 0 aliphatic carbocycles. The lowest BCUT2D eigenvalue weighted by Crippen LogP contribution is -2.30. The normalized spacial score (nSPS) is 10.6. The number of halogens is 3. The first kappa shape index (κ1) is 20.6. The summed E-state index contributed by atoms with van der Waals surface area (Å²) < 4.78 is 6.05. The van der Waals surface area contributed by atoms with Gasteiger partial charge in [0.15, 0.2) is 0 Å². The lowest BCUT2D eigenvalue weighted by atomic mass is 10.1. The van der Waals surface area contributed by atoms with Gasteiger partial charge in [-0.2, -0.15) is 0 Å². The molecule has 2 aromatic carbocycles. The molecule has 0 aliphatic rings. The summed E-state index contributed by atoms with van der Waals surface area (Å²) in [5, 5.41) is 1.06. The Kier molecular flexibility index (Phi) is 6.94. The summed E-state index contributed by atoms with van der Waals surface area (Å²) in [7, 11) is 1.57. The van der Waals surface area contributed by atoms with Gasteiger partial charge in [-0.1, -0.05) is 45.2 Å². The quantitative estimate of drug-likeness (QED) is 0.435. The minimum Gasteiger partial charge on any atom is -0.497 e. The fraction of sp³-hybridized carbons (Fsp3) is 0.143. The molecular formula is C21H17BrCl2N2O2. The van der Waals surface area contributed by atoms with Crippen molar-refractivity contribution in [3.63, 3.8) is 0 Å². The molecule has 28 heavy (non-hydrogen) atoms. The van der Waals surface area contributed by atoms with Crippen molar-refractivity contribution in [2.75, 3.05) is 7.11 Å². The Bertz CT molecular complexity index is 963. The van der Waals surface area contributed by atoms with Crippen LogP contribution in [0.2, 0.25) is 10.0 Å². The molecule has 0 saturated carbocycles. The van der Waals surface area contributed by atoms with Crippen molar-refractivity contribution < 1.29 is 9.53 Å². The van der Waals surface area contributed by atoms with Crippen molar-refractivity contribution in [2.45, 2.75) is 13.1 Å². The van der Waals surface area contributed by atoms with Gasteiger partial charge < -0.3 is 9.64 Å². The van der Waals surface area contributed by atoms with Gasteiger partial charge in [0, 0.05) is 45.6 Å². The summed E-state index contributed by atoms with van der Waals surface area (Å²) in [6.45, 7) is 0.745. The first-order valence-electron chi connectivity index (χ1n) is 8.42. The second kappa shape index (κ2) is 9.41. The molecule has 0 saturated heterocycles. The van der Waals surface area contributed by atoms with Gasteiger partial charge in [0.05, 0.1) is 7.11 Å². The number of benzene rings is 2.